The molecule has 1 heteroatoms. The van der Waals surface area contributed by atoms with E-state index in [-0.39, 0.29) is 5.92 Å². The fraction of sp³-hybridized carbons (Fsp3) is 0.727. The first kappa shape index (κ1) is 11.4. The van der Waals surface area contributed by atoms with Gasteiger partial charge in [0.1, 0.15) is 6.29 Å². The van der Waals surface area contributed by atoms with Gasteiger partial charge in [0.05, 0.1) is 0 Å². The summed E-state index contributed by atoms with van der Waals surface area (Å²) in [7, 11) is 0. The van der Waals surface area contributed by atoms with Crippen LogP contribution in [0.5, 0.6) is 0 Å². The second-order valence-corrected chi connectivity index (χ2v) is 3.62. The minimum Gasteiger partial charge on any atom is -0.303 e. The van der Waals surface area contributed by atoms with E-state index in [0.717, 1.165) is 25.5 Å². The maximum atomic E-state index is 10.6. The Balaban J connectivity index is 3.44. The van der Waals surface area contributed by atoms with Crippen molar-refractivity contribution >= 4 is 6.29 Å². The quantitative estimate of drug-likeness (QED) is 0.324. The molecule has 70 valence electrons. The van der Waals surface area contributed by atoms with Crippen molar-refractivity contribution in [1.29, 1.82) is 0 Å². The molecule has 0 amide bonds. The van der Waals surface area contributed by atoms with Crippen molar-refractivity contribution in [2.24, 2.45) is 11.8 Å². The van der Waals surface area contributed by atoms with Gasteiger partial charge in [-0.25, -0.2) is 0 Å². The van der Waals surface area contributed by atoms with Crippen molar-refractivity contribution in [1.82, 2.24) is 0 Å². The largest absolute Gasteiger partial charge is 0.303 e. The third-order valence-corrected chi connectivity index (χ3v) is 2.23. The molecule has 0 fully saturated rings. The van der Waals surface area contributed by atoms with Crippen LogP contribution in [0.15, 0.2) is 12.7 Å². The number of hydrogen-bond donors (Lipinski definition) is 0. The topological polar surface area (TPSA) is 17.1 Å². The second kappa shape index (κ2) is 7.08. The monoisotopic (exact) mass is 168 g/mol. The van der Waals surface area contributed by atoms with Crippen LogP contribution < -0.4 is 0 Å². The molecule has 0 bridgehead atoms. The van der Waals surface area contributed by atoms with Crippen molar-refractivity contribution < 1.29 is 4.79 Å². The molecule has 0 aromatic heterocycles. The predicted octanol–water partition coefficient (Wildman–Crippen LogP) is 3.20. The van der Waals surface area contributed by atoms with E-state index in [2.05, 4.69) is 20.4 Å². The van der Waals surface area contributed by atoms with Crippen LogP contribution in [0.4, 0.5) is 0 Å². The Morgan fingerprint density at radius 2 is 2.00 bits per heavy atom. The Bertz CT molecular complexity index is 127. The Morgan fingerprint density at radius 3 is 2.42 bits per heavy atom. The van der Waals surface area contributed by atoms with E-state index >= 15 is 0 Å². The van der Waals surface area contributed by atoms with Gasteiger partial charge < -0.3 is 4.79 Å². The fourth-order valence-electron chi connectivity index (χ4n) is 1.23. The van der Waals surface area contributed by atoms with E-state index in [0.29, 0.717) is 5.92 Å². The number of allylic oxidation sites excluding steroid dienone is 1. The number of carbonyl (C=O) groups excluding carboxylic acids is 1. The molecule has 0 aromatic rings. The average Bonchev–Trinajstić information content (AvgIpc) is 2.04. The average molecular weight is 168 g/mol. The summed E-state index contributed by atoms with van der Waals surface area (Å²) < 4.78 is 0. The highest BCUT2D eigenvalue weighted by Crippen LogP contribution is 2.16. The Morgan fingerprint density at radius 1 is 1.33 bits per heavy atom. The zero-order valence-electron chi connectivity index (χ0n) is 8.25. The fourth-order valence-corrected chi connectivity index (χ4v) is 1.23. The van der Waals surface area contributed by atoms with Gasteiger partial charge in [-0.15, -0.1) is 6.58 Å². The molecule has 0 radical (unpaired) electrons. The van der Waals surface area contributed by atoms with Crippen molar-refractivity contribution in [2.75, 3.05) is 0 Å². The predicted molar refractivity (Wildman–Crippen MR) is 53.1 cm³/mol. The minimum atomic E-state index is 0.259. The lowest BCUT2D eigenvalue weighted by Gasteiger charge is -2.12. The summed E-state index contributed by atoms with van der Waals surface area (Å²) in [5, 5.41) is 0. The number of carbonyl (C=O) groups is 1. The summed E-state index contributed by atoms with van der Waals surface area (Å²) in [6, 6.07) is 0. The van der Waals surface area contributed by atoms with Gasteiger partial charge in [-0.3, -0.25) is 0 Å². The molecule has 0 spiro atoms. The Hall–Kier alpha value is -0.590. The smallest absolute Gasteiger partial charge is 0.123 e. The zero-order valence-corrected chi connectivity index (χ0v) is 8.25. The molecule has 1 atom stereocenters. The second-order valence-electron chi connectivity index (χ2n) is 3.62. The molecule has 0 saturated carbocycles. The Labute approximate surface area is 75.9 Å². The number of hydrogen-bond acceptors (Lipinski definition) is 1. The summed E-state index contributed by atoms with van der Waals surface area (Å²) in [5.74, 6) is 0.751. The van der Waals surface area contributed by atoms with Crippen LogP contribution in [-0.4, -0.2) is 6.29 Å². The standard InChI is InChI=1S/C11H20O/c1-4-5-6-7-8-11(9-12)10(2)3/h4,9-11H,1,5-8H2,2-3H3. The van der Waals surface area contributed by atoms with E-state index in [9.17, 15) is 4.79 Å². The Kier molecular flexibility index (Phi) is 6.73. The zero-order chi connectivity index (χ0) is 9.40. The highest BCUT2D eigenvalue weighted by molar-refractivity contribution is 5.53. The number of unbranched alkanes of at least 4 members (excludes halogenated alkanes) is 2. The third kappa shape index (κ3) is 5.11. The lowest BCUT2D eigenvalue weighted by atomic mass is 9.92. The van der Waals surface area contributed by atoms with Crippen LogP contribution in [0.25, 0.3) is 0 Å². The van der Waals surface area contributed by atoms with Gasteiger partial charge in [0.25, 0.3) is 0 Å². The lowest BCUT2D eigenvalue weighted by Crippen LogP contribution is -2.09. The van der Waals surface area contributed by atoms with Crippen LogP contribution in [-0.2, 0) is 4.79 Å². The van der Waals surface area contributed by atoms with Crippen molar-refractivity contribution in [3.8, 4) is 0 Å². The number of rotatable bonds is 7. The summed E-state index contributed by atoms with van der Waals surface area (Å²) in [6.07, 6.45) is 7.46. The molecule has 0 aliphatic heterocycles. The van der Waals surface area contributed by atoms with E-state index in [1.165, 1.54) is 6.42 Å². The van der Waals surface area contributed by atoms with E-state index < -0.39 is 0 Å². The van der Waals surface area contributed by atoms with Gasteiger partial charge in [-0.05, 0) is 25.2 Å². The summed E-state index contributed by atoms with van der Waals surface area (Å²) in [4.78, 5) is 10.6. The minimum absolute atomic E-state index is 0.259. The highest BCUT2D eigenvalue weighted by atomic mass is 16.1. The molecule has 0 saturated heterocycles. The number of aldehydes is 1. The van der Waals surface area contributed by atoms with Gasteiger partial charge in [0.2, 0.25) is 0 Å². The van der Waals surface area contributed by atoms with Crippen LogP contribution >= 0.6 is 0 Å². The van der Waals surface area contributed by atoms with Crippen LogP contribution in [0, 0.1) is 11.8 Å². The van der Waals surface area contributed by atoms with Gasteiger partial charge in [0, 0.05) is 5.92 Å². The SMILES string of the molecule is C=CCCCCC(C=O)C(C)C. The van der Waals surface area contributed by atoms with Crippen molar-refractivity contribution in [3.63, 3.8) is 0 Å². The molecule has 1 unspecified atom stereocenters. The van der Waals surface area contributed by atoms with Crippen LogP contribution in [0.2, 0.25) is 0 Å². The maximum Gasteiger partial charge on any atom is 0.123 e. The van der Waals surface area contributed by atoms with Gasteiger partial charge in [-0.1, -0.05) is 26.3 Å². The molecular formula is C11H20O. The first-order chi connectivity index (χ1) is 5.72. The van der Waals surface area contributed by atoms with Gasteiger partial charge in [-0.2, -0.15) is 0 Å². The molecule has 0 aliphatic rings. The molecule has 0 aromatic carbocycles. The van der Waals surface area contributed by atoms with E-state index in [4.69, 9.17) is 0 Å². The molecule has 12 heavy (non-hydrogen) atoms. The first-order valence-electron chi connectivity index (χ1n) is 4.78. The van der Waals surface area contributed by atoms with Crippen LogP contribution in [0.3, 0.4) is 0 Å². The molecule has 0 aliphatic carbocycles. The van der Waals surface area contributed by atoms with E-state index in [1.54, 1.807) is 0 Å². The lowest BCUT2D eigenvalue weighted by molar-refractivity contribution is -0.112. The van der Waals surface area contributed by atoms with Gasteiger partial charge in [0.15, 0.2) is 0 Å². The maximum absolute atomic E-state index is 10.6. The molecule has 0 heterocycles. The highest BCUT2D eigenvalue weighted by Gasteiger charge is 2.10. The summed E-state index contributed by atoms with van der Waals surface area (Å²) in [6.45, 7) is 7.87. The van der Waals surface area contributed by atoms with Crippen LogP contribution in [0.1, 0.15) is 39.5 Å². The van der Waals surface area contributed by atoms with Gasteiger partial charge >= 0.3 is 0 Å². The molecule has 0 N–H and O–H groups in total. The first-order valence-corrected chi connectivity index (χ1v) is 4.78. The normalized spacial score (nSPS) is 12.9. The van der Waals surface area contributed by atoms with E-state index in [1.807, 2.05) is 6.08 Å². The third-order valence-electron chi connectivity index (χ3n) is 2.23. The molecule has 1 nitrogen and oxygen atoms in total. The van der Waals surface area contributed by atoms with Crippen molar-refractivity contribution in [3.05, 3.63) is 12.7 Å². The molecule has 0 rings (SSSR count). The summed E-state index contributed by atoms with van der Waals surface area (Å²) in [5.41, 5.74) is 0. The molecular weight excluding hydrogens is 148 g/mol. The summed E-state index contributed by atoms with van der Waals surface area (Å²) >= 11 is 0. The van der Waals surface area contributed by atoms with Crippen molar-refractivity contribution in [2.45, 2.75) is 39.5 Å².